The first kappa shape index (κ1) is 17.5. The van der Waals surface area contributed by atoms with Gasteiger partial charge in [-0.2, -0.15) is 5.26 Å². The Labute approximate surface area is 129 Å². The summed E-state index contributed by atoms with van der Waals surface area (Å²) in [5.74, 6) is 0.809. The van der Waals surface area contributed by atoms with E-state index in [0.29, 0.717) is 0 Å². The van der Waals surface area contributed by atoms with Gasteiger partial charge in [-0.05, 0) is 56.6 Å². The van der Waals surface area contributed by atoms with E-state index in [2.05, 4.69) is 45.8 Å². The second-order valence-corrected chi connectivity index (χ2v) is 6.91. The van der Waals surface area contributed by atoms with E-state index in [1.807, 2.05) is 24.3 Å². The predicted molar refractivity (Wildman–Crippen MR) is 87.5 cm³/mol. The zero-order valence-electron chi connectivity index (χ0n) is 14.2. The quantitative estimate of drug-likeness (QED) is 0.798. The van der Waals surface area contributed by atoms with Crippen LogP contribution in [0, 0.1) is 16.7 Å². The SMILES string of the molecule is COc1cccc(C(C#N)(CCCN(C)C)C(C)(C)C)c1. The molecule has 0 aliphatic rings. The lowest BCUT2D eigenvalue weighted by Gasteiger charge is -2.40. The number of methoxy groups -OCH3 is 1. The van der Waals surface area contributed by atoms with Gasteiger partial charge in [-0.25, -0.2) is 0 Å². The number of hydrogen-bond donors (Lipinski definition) is 0. The van der Waals surface area contributed by atoms with Gasteiger partial charge in [0, 0.05) is 0 Å². The summed E-state index contributed by atoms with van der Waals surface area (Å²) in [5.41, 5.74) is 0.411. The standard InChI is InChI=1S/C18H28N2O/c1-17(2,3)18(14-19,11-8-12-20(4)5)15-9-7-10-16(13-15)21-6/h7,9-10,13H,8,11-12H2,1-6H3. The lowest BCUT2D eigenvalue weighted by atomic mass is 9.61. The van der Waals surface area contributed by atoms with Crippen LogP contribution < -0.4 is 4.74 Å². The van der Waals surface area contributed by atoms with Gasteiger partial charge < -0.3 is 9.64 Å². The number of nitriles is 1. The molecule has 0 aliphatic carbocycles. The molecule has 0 radical (unpaired) electrons. The van der Waals surface area contributed by atoms with Crippen molar-refractivity contribution < 1.29 is 4.74 Å². The highest BCUT2D eigenvalue weighted by Gasteiger charge is 2.43. The van der Waals surface area contributed by atoms with Crippen LogP contribution in [0.25, 0.3) is 0 Å². The van der Waals surface area contributed by atoms with Crippen molar-refractivity contribution in [2.75, 3.05) is 27.7 Å². The molecule has 0 amide bonds. The van der Waals surface area contributed by atoms with Gasteiger partial charge in [0.1, 0.15) is 5.75 Å². The third-order valence-corrected chi connectivity index (χ3v) is 4.19. The molecule has 3 heteroatoms. The Bertz CT molecular complexity index is 497. The summed E-state index contributed by atoms with van der Waals surface area (Å²) in [4.78, 5) is 2.16. The van der Waals surface area contributed by atoms with Gasteiger partial charge in [0.05, 0.1) is 18.6 Å². The first-order valence-electron chi connectivity index (χ1n) is 7.47. The van der Waals surface area contributed by atoms with Crippen LogP contribution in [0.2, 0.25) is 0 Å². The minimum atomic E-state index is -0.502. The van der Waals surface area contributed by atoms with Crippen molar-refractivity contribution in [2.45, 2.75) is 39.0 Å². The average Bonchev–Trinajstić information content (AvgIpc) is 2.42. The number of benzene rings is 1. The van der Waals surface area contributed by atoms with Crippen LogP contribution in [-0.2, 0) is 5.41 Å². The fourth-order valence-corrected chi connectivity index (χ4v) is 2.79. The van der Waals surface area contributed by atoms with Crippen LogP contribution in [0.3, 0.4) is 0 Å². The first-order chi connectivity index (χ1) is 9.76. The van der Waals surface area contributed by atoms with Crippen molar-refractivity contribution in [2.24, 2.45) is 5.41 Å². The van der Waals surface area contributed by atoms with E-state index in [4.69, 9.17) is 4.74 Å². The fourth-order valence-electron chi connectivity index (χ4n) is 2.79. The third-order valence-electron chi connectivity index (χ3n) is 4.19. The number of rotatable bonds is 6. The monoisotopic (exact) mass is 288 g/mol. The van der Waals surface area contributed by atoms with Crippen molar-refractivity contribution in [1.82, 2.24) is 4.90 Å². The molecule has 116 valence electrons. The summed E-state index contributed by atoms with van der Waals surface area (Å²) >= 11 is 0. The Morgan fingerprint density at radius 2 is 1.90 bits per heavy atom. The average molecular weight is 288 g/mol. The van der Waals surface area contributed by atoms with Crippen LogP contribution >= 0.6 is 0 Å². The summed E-state index contributed by atoms with van der Waals surface area (Å²) in [6, 6.07) is 10.6. The van der Waals surface area contributed by atoms with Crippen LogP contribution in [-0.4, -0.2) is 32.6 Å². The van der Waals surface area contributed by atoms with Crippen molar-refractivity contribution >= 4 is 0 Å². The summed E-state index contributed by atoms with van der Waals surface area (Å²) in [6.07, 6.45) is 1.84. The van der Waals surface area contributed by atoms with Crippen LogP contribution in [0.15, 0.2) is 24.3 Å². The molecule has 1 aromatic rings. The Morgan fingerprint density at radius 3 is 2.38 bits per heavy atom. The molecule has 1 unspecified atom stereocenters. The number of hydrogen-bond acceptors (Lipinski definition) is 3. The second kappa shape index (κ2) is 6.95. The Kier molecular flexibility index (Phi) is 5.80. The first-order valence-corrected chi connectivity index (χ1v) is 7.47. The molecule has 0 aromatic heterocycles. The zero-order chi connectivity index (χ0) is 16.1. The van der Waals surface area contributed by atoms with Crippen LogP contribution in [0.4, 0.5) is 0 Å². The lowest BCUT2D eigenvalue weighted by molar-refractivity contribution is 0.217. The normalized spacial score (nSPS) is 14.6. The molecule has 1 aromatic carbocycles. The number of nitrogens with zero attached hydrogens (tertiary/aromatic N) is 2. The third kappa shape index (κ3) is 3.98. The van der Waals surface area contributed by atoms with Crippen LogP contribution in [0.1, 0.15) is 39.2 Å². The molecule has 3 nitrogen and oxygen atoms in total. The molecule has 0 aliphatic heterocycles. The summed E-state index contributed by atoms with van der Waals surface area (Å²) in [7, 11) is 5.80. The molecular formula is C18H28N2O. The zero-order valence-corrected chi connectivity index (χ0v) is 14.2. The second-order valence-electron chi connectivity index (χ2n) is 6.91. The molecular weight excluding hydrogens is 260 g/mol. The van der Waals surface area contributed by atoms with Gasteiger partial charge in [-0.15, -0.1) is 0 Å². The highest BCUT2D eigenvalue weighted by Crippen LogP contribution is 2.45. The predicted octanol–water partition coefficient (Wildman–Crippen LogP) is 3.84. The summed E-state index contributed by atoms with van der Waals surface area (Å²) in [5, 5.41) is 9.99. The molecule has 21 heavy (non-hydrogen) atoms. The Morgan fingerprint density at radius 1 is 1.24 bits per heavy atom. The molecule has 1 atom stereocenters. The molecule has 0 saturated heterocycles. The summed E-state index contributed by atoms with van der Waals surface area (Å²) < 4.78 is 5.33. The maximum absolute atomic E-state index is 9.99. The van der Waals surface area contributed by atoms with E-state index in [1.54, 1.807) is 7.11 Å². The molecule has 0 N–H and O–H groups in total. The smallest absolute Gasteiger partial charge is 0.119 e. The maximum Gasteiger partial charge on any atom is 0.119 e. The van der Waals surface area contributed by atoms with Gasteiger partial charge >= 0.3 is 0 Å². The largest absolute Gasteiger partial charge is 0.497 e. The van der Waals surface area contributed by atoms with E-state index >= 15 is 0 Å². The van der Waals surface area contributed by atoms with E-state index < -0.39 is 5.41 Å². The van der Waals surface area contributed by atoms with Crippen molar-refractivity contribution in [3.63, 3.8) is 0 Å². The highest BCUT2D eigenvalue weighted by molar-refractivity contribution is 5.40. The molecule has 0 heterocycles. The van der Waals surface area contributed by atoms with Crippen LogP contribution in [0.5, 0.6) is 5.75 Å². The molecule has 0 fully saturated rings. The minimum Gasteiger partial charge on any atom is -0.497 e. The van der Waals surface area contributed by atoms with Gasteiger partial charge in [0.15, 0.2) is 0 Å². The van der Waals surface area contributed by atoms with Gasteiger partial charge in [-0.3, -0.25) is 0 Å². The van der Waals surface area contributed by atoms with E-state index in [0.717, 1.165) is 30.7 Å². The maximum atomic E-state index is 9.99. The fraction of sp³-hybridized carbons (Fsp3) is 0.611. The highest BCUT2D eigenvalue weighted by atomic mass is 16.5. The summed E-state index contributed by atoms with van der Waals surface area (Å²) in [6.45, 7) is 7.42. The van der Waals surface area contributed by atoms with Gasteiger partial charge in [0.2, 0.25) is 0 Å². The Balaban J connectivity index is 3.20. The number of ether oxygens (including phenoxy) is 1. The van der Waals surface area contributed by atoms with Crippen molar-refractivity contribution in [1.29, 1.82) is 5.26 Å². The van der Waals surface area contributed by atoms with E-state index in [1.165, 1.54) is 0 Å². The topological polar surface area (TPSA) is 36.3 Å². The Hall–Kier alpha value is -1.53. The van der Waals surface area contributed by atoms with Gasteiger partial charge in [0.25, 0.3) is 0 Å². The van der Waals surface area contributed by atoms with Gasteiger partial charge in [-0.1, -0.05) is 32.9 Å². The lowest BCUT2D eigenvalue weighted by Crippen LogP contribution is -2.39. The molecule has 0 spiro atoms. The van der Waals surface area contributed by atoms with Crippen molar-refractivity contribution in [3.8, 4) is 11.8 Å². The molecule has 0 saturated carbocycles. The van der Waals surface area contributed by atoms with Crippen molar-refractivity contribution in [3.05, 3.63) is 29.8 Å². The minimum absolute atomic E-state index is 0.138. The molecule has 1 rings (SSSR count). The van der Waals surface area contributed by atoms with E-state index in [9.17, 15) is 5.26 Å². The van der Waals surface area contributed by atoms with E-state index in [-0.39, 0.29) is 5.41 Å². The molecule has 0 bridgehead atoms.